The van der Waals surface area contributed by atoms with E-state index >= 15 is 0 Å². The Morgan fingerprint density at radius 3 is 2.85 bits per heavy atom. The van der Waals surface area contributed by atoms with Gasteiger partial charge < -0.3 is 5.11 Å². The number of ketones is 1. The summed E-state index contributed by atoms with van der Waals surface area (Å²) >= 11 is 0. The minimum atomic E-state index is -0.536. The number of benzene rings is 1. The largest absolute Gasteiger partial charge is 0.507 e. The van der Waals surface area contributed by atoms with Crippen LogP contribution in [0.4, 0.5) is 4.39 Å². The Bertz CT molecular complexity index is 356. The van der Waals surface area contributed by atoms with Gasteiger partial charge in [-0.05, 0) is 31.2 Å². The predicted molar refractivity (Wildman–Crippen MR) is 47.2 cm³/mol. The SMILES string of the molecule is C/C=C/C(=O)c1cc(F)ccc1O. The molecule has 0 saturated carbocycles. The summed E-state index contributed by atoms with van der Waals surface area (Å²) in [5.74, 6) is -1.14. The van der Waals surface area contributed by atoms with Crippen molar-refractivity contribution in [2.24, 2.45) is 0 Å². The van der Waals surface area contributed by atoms with E-state index in [9.17, 15) is 14.3 Å². The van der Waals surface area contributed by atoms with Gasteiger partial charge in [0.05, 0.1) is 5.56 Å². The van der Waals surface area contributed by atoms with Crippen molar-refractivity contribution in [1.82, 2.24) is 0 Å². The molecule has 1 aromatic carbocycles. The first-order valence-corrected chi connectivity index (χ1v) is 3.80. The van der Waals surface area contributed by atoms with Gasteiger partial charge in [-0.2, -0.15) is 0 Å². The first-order chi connectivity index (χ1) is 6.15. The highest BCUT2D eigenvalue weighted by atomic mass is 19.1. The third-order valence-corrected chi connectivity index (χ3v) is 1.54. The normalized spacial score (nSPS) is 10.6. The molecular weight excluding hydrogens is 171 g/mol. The molecule has 0 radical (unpaired) electrons. The van der Waals surface area contributed by atoms with Crippen LogP contribution in [0.25, 0.3) is 0 Å². The van der Waals surface area contributed by atoms with Gasteiger partial charge in [-0.25, -0.2) is 4.39 Å². The Balaban J connectivity index is 3.13. The van der Waals surface area contributed by atoms with Gasteiger partial charge in [0, 0.05) is 0 Å². The number of halogens is 1. The van der Waals surface area contributed by atoms with Gasteiger partial charge >= 0.3 is 0 Å². The fraction of sp³-hybridized carbons (Fsp3) is 0.100. The lowest BCUT2D eigenvalue weighted by molar-refractivity contribution is 0.104. The zero-order chi connectivity index (χ0) is 9.84. The second-order valence-corrected chi connectivity index (χ2v) is 2.53. The fourth-order valence-corrected chi connectivity index (χ4v) is 0.947. The monoisotopic (exact) mass is 180 g/mol. The van der Waals surface area contributed by atoms with E-state index in [1.165, 1.54) is 12.2 Å². The lowest BCUT2D eigenvalue weighted by Crippen LogP contribution is -1.95. The molecule has 0 aliphatic rings. The van der Waals surface area contributed by atoms with E-state index in [-0.39, 0.29) is 11.3 Å². The molecule has 0 saturated heterocycles. The Hall–Kier alpha value is -1.64. The Morgan fingerprint density at radius 1 is 1.54 bits per heavy atom. The zero-order valence-electron chi connectivity index (χ0n) is 7.12. The average molecular weight is 180 g/mol. The number of phenolic OH excluding ortho intramolecular Hbond substituents is 1. The molecule has 0 fully saturated rings. The molecule has 1 N–H and O–H groups in total. The summed E-state index contributed by atoms with van der Waals surface area (Å²) in [6.45, 7) is 1.67. The van der Waals surface area contributed by atoms with Crippen molar-refractivity contribution < 1.29 is 14.3 Å². The molecule has 0 heterocycles. The van der Waals surface area contributed by atoms with E-state index in [0.29, 0.717) is 0 Å². The van der Waals surface area contributed by atoms with Crippen molar-refractivity contribution in [3.63, 3.8) is 0 Å². The molecule has 1 aromatic rings. The molecule has 0 atom stereocenters. The molecule has 68 valence electrons. The van der Waals surface area contributed by atoms with Crippen LogP contribution in [0.2, 0.25) is 0 Å². The highest BCUT2D eigenvalue weighted by molar-refractivity contribution is 6.06. The highest BCUT2D eigenvalue weighted by Crippen LogP contribution is 2.18. The summed E-state index contributed by atoms with van der Waals surface area (Å²) in [4.78, 5) is 11.2. The van der Waals surface area contributed by atoms with Crippen molar-refractivity contribution in [3.05, 3.63) is 41.7 Å². The lowest BCUT2D eigenvalue weighted by Gasteiger charge is -1.99. The molecule has 2 nitrogen and oxygen atoms in total. The minimum absolute atomic E-state index is 0.0156. The second kappa shape index (κ2) is 3.85. The van der Waals surface area contributed by atoms with Gasteiger partial charge in [0.15, 0.2) is 5.78 Å². The smallest absolute Gasteiger partial charge is 0.189 e. The lowest BCUT2D eigenvalue weighted by atomic mass is 10.1. The van der Waals surface area contributed by atoms with E-state index in [1.54, 1.807) is 6.92 Å². The summed E-state index contributed by atoms with van der Waals surface area (Å²) in [5, 5.41) is 9.21. The van der Waals surface area contributed by atoms with Gasteiger partial charge in [-0.3, -0.25) is 4.79 Å². The Kier molecular flexibility index (Phi) is 2.80. The molecule has 0 unspecified atom stereocenters. The quantitative estimate of drug-likeness (QED) is 0.560. The van der Waals surface area contributed by atoms with E-state index < -0.39 is 11.6 Å². The third-order valence-electron chi connectivity index (χ3n) is 1.54. The second-order valence-electron chi connectivity index (χ2n) is 2.53. The summed E-state index contributed by atoms with van der Waals surface area (Å²) in [6.07, 6.45) is 2.81. The van der Waals surface area contributed by atoms with Crippen LogP contribution in [0, 0.1) is 5.82 Å². The van der Waals surface area contributed by atoms with Crippen molar-refractivity contribution in [2.45, 2.75) is 6.92 Å². The van der Waals surface area contributed by atoms with Crippen LogP contribution in [-0.4, -0.2) is 10.9 Å². The summed E-state index contributed by atoms with van der Waals surface area (Å²) in [7, 11) is 0. The van der Waals surface area contributed by atoms with Crippen LogP contribution in [0.5, 0.6) is 5.75 Å². The third kappa shape index (κ3) is 2.15. The number of rotatable bonds is 2. The van der Waals surface area contributed by atoms with Crippen LogP contribution in [0.15, 0.2) is 30.4 Å². The highest BCUT2D eigenvalue weighted by Gasteiger charge is 2.08. The van der Waals surface area contributed by atoms with Gasteiger partial charge in [-0.15, -0.1) is 0 Å². The van der Waals surface area contributed by atoms with Gasteiger partial charge in [0.25, 0.3) is 0 Å². The van der Waals surface area contributed by atoms with E-state index in [4.69, 9.17) is 0 Å². The molecular formula is C10H9FO2. The van der Waals surface area contributed by atoms with Crippen molar-refractivity contribution in [1.29, 1.82) is 0 Å². The molecule has 0 bridgehead atoms. The molecule has 13 heavy (non-hydrogen) atoms. The Morgan fingerprint density at radius 2 is 2.23 bits per heavy atom. The molecule has 1 rings (SSSR count). The minimum Gasteiger partial charge on any atom is -0.507 e. The van der Waals surface area contributed by atoms with Gasteiger partial charge in [0.2, 0.25) is 0 Å². The average Bonchev–Trinajstić information content (AvgIpc) is 2.09. The first-order valence-electron chi connectivity index (χ1n) is 3.80. The van der Waals surface area contributed by atoms with Gasteiger partial charge in [-0.1, -0.05) is 6.08 Å². The number of hydrogen-bond acceptors (Lipinski definition) is 2. The molecule has 0 aliphatic heterocycles. The molecule has 0 aromatic heterocycles. The van der Waals surface area contributed by atoms with Crippen LogP contribution in [-0.2, 0) is 0 Å². The predicted octanol–water partition coefficient (Wildman–Crippen LogP) is 2.29. The van der Waals surface area contributed by atoms with E-state index in [2.05, 4.69) is 0 Å². The maximum atomic E-state index is 12.7. The molecule has 0 aliphatic carbocycles. The summed E-state index contributed by atoms with van der Waals surface area (Å²) < 4.78 is 12.7. The van der Waals surface area contributed by atoms with Crippen molar-refractivity contribution in [3.8, 4) is 5.75 Å². The topological polar surface area (TPSA) is 37.3 Å². The number of carbonyl (C=O) groups is 1. The first kappa shape index (κ1) is 9.45. The molecule has 0 spiro atoms. The maximum absolute atomic E-state index is 12.7. The zero-order valence-corrected chi connectivity index (χ0v) is 7.12. The van der Waals surface area contributed by atoms with Gasteiger partial charge in [0.1, 0.15) is 11.6 Å². The van der Waals surface area contributed by atoms with Crippen molar-refractivity contribution in [2.75, 3.05) is 0 Å². The van der Waals surface area contributed by atoms with Crippen LogP contribution < -0.4 is 0 Å². The van der Waals surface area contributed by atoms with Crippen LogP contribution in [0.1, 0.15) is 17.3 Å². The summed E-state index contributed by atoms with van der Waals surface area (Å²) in [5.41, 5.74) is -0.0156. The molecule has 0 amide bonds. The standard InChI is InChI=1S/C10H9FO2/c1-2-3-9(12)8-6-7(11)4-5-10(8)13/h2-6,13H,1H3/b3-2+. The summed E-state index contributed by atoms with van der Waals surface area (Å²) in [6, 6.07) is 3.27. The maximum Gasteiger partial charge on any atom is 0.189 e. The number of phenols is 1. The number of aromatic hydroxyl groups is 1. The number of hydrogen-bond donors (Lipinski definition) is 1. The number of carbonyl (C=O) groups excluding carboxylic acids is 1. The van der Waals surface area contributed by atoms with Crippen LogP contribution >= 0.6 is 0 Å². The van der Waals surface area contributed by atoms with E-state index in [1.807, 2.05) is 0 Å². The van der Waals surface area contributed by atoms with Crippen LogP contribution in [0.3, 0.4) is 0 Å². The van der Waals surface area contributed by atoms with Crippen molar-refractivity contribution >= 4 is 5.78 Å². The number of allylic oxidation sites excluding steroid dienone is 2. The fourth-order valence-electron chi connectivity index (χ4n) is 0.947. The van der Waals surface area contributed by atoms with E-state index in [0.717, 1.165) is 18.2 Å². The Labute approximate surface area is 75.3 Å². The molecule has 3 heteroatoms.